The maximum Gasteiger partial charge on any atom is 0.285 e. The molecule has 0 saturated heterocycles. The molecule has 0 aliphatic carbocycles. The molecule has 6 heteroatoms. The van der Waals surface area contributed by atoms with Gasteiger partial charge in [0.2, 0.25) is 0 Å². The van der Waals surface area contributed by atoms with Crippen LogP contribution in [0.1, 0.15) is 0 Å². The van der Waals surface area contributed by atoms with Crippen LogP contribution >= 0.6 is 7.44 Å². The van der Waals surface area contributed by atoms with Crippen molar-refractivity contribution in [3.8, 4) is 0 Å². The van der Waals surface area contributed by atoms with Crippen LogP contribution in [0, 0.1) is 0 Å². The summed E-state index contributed by atoms with van der Waals surface area (Å²) in [6.07, 6.45) is 0. The summed E-state index contributed by atoms with van der Waals surface area (Å²) in [5.41, 5.74) is 0. The van der Waals surface area contributed by atoms with E-state index in [0.717, 1.165) is 0 Å². The van der Waals surface area contributed by atoms with E-state index in [9.17, 15) is 4.57 Å². The number of benzene rings is 1. The molecular formula is C8H13N2O3P. The molecule has 0 aromatic heterocycles. The molecular weight excluding hydrogens is 203 g/mol. The first-order valence-electron chi connectivity index (χ1n) is 3.99. The summed E-state index contributed by atoms with van der Waals surface area (Å²) >= 11 is 0. The molecule has 0 spiro atoms. The van der Waals surface area contributed by atoms with E-state index in [-0.39, 0.29) is 0 Å². The number of hydrogen-bond acceptors (Lipinski definition) is 3. The maximum absolute atomic E-state index is 12.1. The third-order valence-electron chi connectivity index (χ3n) is 1.56. The summed E-state index contributed by atoms with van der Waals surface area (Å²) in [5.74, 6) is 0. The van der Waals surface area contributed by atoms with Crippen LogP contribution in [0.25, 0.3) is 0 Å². The molecule has 0 aliphatic heterocycles. The second kappa shape index (κ2) is 5.24. The lowest BCUT2D eigenvalue weighted by molar-refractivity contribution is 0.118. The molecule has 5 nitrogen and oxygen atoms in total. The van der Waals surface area contributed by atoms with Gasteiger partial charge in [0.1, 0.15) is 0 Å². The van der Waals surface area contributed by atoms with E-state index in [1.165, 1.54) is 14.2 Å². The van der Waals surface area contributed by atoms with Gasteiger partial charge in [-0.25, -0.2) is 0 Å². The Bertz CT molecular complexity index is 308. The van der Waals surface area contributed by atoms with Gasteiger partial charge in [-0.2, -0.15) is 0 Å². The van der Waals surface area contributed by atoms with Crippen molar-refractivity contribution in [2.45, 2.75) is 0 Å². The molecule has 0 amide bonds. The molecule has 1 aromatic carbocycles. The first-order valence-corrected chi connectivity index (χ1v) is 5.70. The number of rotatable bonds is 5. The lowest BCUT2D eigenvalue weighted by Crippen LogP contribution is -2.28. The topological polar surface area (TPSA) is 59.6 Å². The van der Waals surface area contributed by atoms with Gasteiger partial charge in [0.15, 0.2) is 0 Å². The van der Waals surface area contributed by atoms with Crippen molar-refractivity contribution >= 4 is 12.7 Å². The van der Waals surface area contributed by atoms with Crippen molar-refractivity contribution in [2.75, 3.05) is 14.2 Å². The Hall–Kier alpha value is -0.710. The van der Waals surface area contributed by atoms with Crippen LogP contribution in [0.15, 0.2) is 30.3 Å². The number of nitrogens with one attached hydrogen (secondary N) is 2. The first kappa shape index (κ1) is 11.4. The molecule has 2 N–H and O–H groups in total. The van der Waals surface area contributed by atoms with Crippen LogP contribution in [0.3, 0.4) is 0 Å². The van der Waals surface area contributed by atoms with Gasteiger partial charge >= 0.3 is 0 Å². The SMILES string of the molecule is CONP(=O)(NOC)c1ccccc1. The predicted octanol–water partition coefficient (Wildman–Crippen LogP) is 0.807. The standard InChI is InChI=1S/C8H13N2O3P/c1-12-9-14(11,10-13-2)8-6-4-3-5-7-8/h3-7H,1-2H3,(H2,9,10,11). The summed E-state index contributed by atoms with van der Waals surface area (Å²) in [4.78, 5) is 9.32. The van der Waals surface area contributed by atoms with Gasteiger partial charge in [-0.1, -0.05) is 18.2 Å². The Morgan fingerprint density at radius 2 is 1.57 bits per heavy atom. The lowest BCUT2D eigenvalue weighted by Gasteiger charge is -2.17. The summed E-state index contributed by atoms with van der Waals surface area (Å²) in [6, 6.07) is 8.86. The lowest BCUT2D eigenvalue weighted by atomic mass is 10.4. The van der Waals surface area contributed by atoms with E-state index in [1.54, 1.807) is 24.3 Å². The average molecular weight is 216 g/mol. The first-order chi connectivity index (χ1) is 6.73. The second-order valence-corrected chi connectivity index (χ2v) is 4.64. The van der Waals surface area contributed by atoms with Crippen molar-refractivity contribution in [1.29, 1.82) is 0 Å². The van der Waals surface area contributed by atoms with E-state index < -0.39 is 7.44 Å². The molecule has 1 aromatic rings. The fourth-order valence-electron chi connectivity index (χ4n) is 1.02. The highest BCUT2D eigenvalue weighted by Gasteiger charge is 2.23. The molecule has 0 fully saturated rings. The van der Waals surface area contributed by atoms with Gasteiger partial charge in [0.25, 0.3) is 7.44 Å². The Kier molecular flexibility index (Phi) is 4.25. The van der Waals surface area contributed by atoms with Crippen LogP contribution in [0.4, 0.5) is 0 Å². The van der Waals surface area contributed by atoms with Gasteiger partial charge in [0, 0.05) is 5.30 Å². The molecule has 0 saturated carbocycles. The minimum Gasteiger partial charge on any atom is -0.297 e. The van der Waals surface area contributed by atoms with Crippen molar-refractivity contribution in [3.05, 3.63) is 30.3 Å². The largest absolute Gasteiger partial charge is 0.297 e. The Labute approximate surface area is 82.8 Å². The average Bonchev–Trinajstić information content (AvgIpc) is 2.20. The summed E-state index contributed by atoms with van der Waals surface area (Å²) in [6.45, 7) is 0. The van der Waals surface area contributed by atoms with E-state index in [2.05, 4.69) is 20.2 Å². The molecule has 0 bridgehead atoms. The molecule has 0 unspecified atom stereocenters. The molecule has 0 heterocycles. The summed E-state index contributed by atoms with van der Waals surface area (Å²) in [5, 5.41) is 5.38. The smallest absolute Gasteiger partial charge is 0.285 e. The predicted molar refractivity (Wildman–Crippen MR) is 54.0 cm³/mol. The highest BCUT2D eigenvalue weighted by Crippen LogP contribution is 2.33. The highest BCUT2D eigenvalue weighted by atomic mass is 31.2. The Balaban J connectivity index is 2.94. The summed E-state index contributed by atoms with van der Waals surface area (Å²) in [7, 11) is -0.225. The fraction of sp³-hybridized carbons (Fsp3) is 0.250. The van der Waals surface area contributed by atoms with E-state index >= 15 is 0 Å². The van der Waals surface area contributed by atoms with Crippen LogP contribution in [0.5, 0.6) is 0 Å². The van der Waals surface area contributed by atoms with Crippen molar-refractivity contribution < 1.29 is 14.2 Å². The minimum absolute atomic E-state index is 0.587. The van der Waals surface area contributed by atoms with Gasteiger partial charge in [-0.15, -0.1) is 10.5 Å². The van der Waals surface area contributed by atoms with Crippen LogP contribution in [0.2, 0.25) is 0 Å². The van der Waals surface area contributed by atoms with Gasteiger partial charge in [-0.3, -0.25) is 14.2 Å². The molecule has 0 aliphatic rings. The normalized spacial score (nSPS) is 11.6. The van der Waals surface area contributed by atoms with Crippen LogP contribution < -0.4 is 15.8 Å². The zero-order valence-electron chi connectivity index (χ0n) is 8.06. The minimum atomic E-state index is -3.02. The molecule has 1 rings (SSSR count). The second-order valence-electron chi connectivity index (χ2n) is 2.54. The molecule has 0 radical (unpaired) electrons. The monoisotopic (exact) mass is 216 g/mol. The van der Waals surface area contributed by atoms with Gasteiger partial charge < -0.3 is 0 Å². The molecule has 14 heavy (non-hydrogen) atoms. The van der Waals surface area contributed by atoms with Crippen LogP contribution in [-0.4, -0.2) is 14.2 Å². The van der Waals surface area contributed by atoms with E-state index in [4.69, 9.17) is 0 Å². The van der Waals surface area contributed by atoms with Crippen molar-refractivity contribution in [3.63, 3.8) is 0 Å². The Morgan fingerprint density at radius 3 is 2.00 bits per heavy atom. The third kappa shape index (κ3) is 2.64. The Morgan fingerprint density at radius 1 is 1.07 bits per heavy atom. The molecule has 0 atom stereocenters. The number of hydrogen-bond donors (Lipinski definition) is 2. The van der Waals surface area contributed by atoms with Crippen LogP contribution in [-0.2, 0) is 14.2 Å². The zero-order valence-corrected chi connectivity index (χ0v) is 8.95. The molecule has 78 valence electrons. The van der Waals surface area contributed by atoms with Gasteiger partial charge in [-0.05, 0) is 12.1 Å². The van der Waals surface area contributed by atoms with Crippen molar-refractivity contribution in [1.82, 2.24) is 10.5 Å². The van der Waals surface area contributed by atoms with Gasteiger partial charge in [0.05, 0.1) is 14.2 Å². The van der Waals surface area contributed by atoms with E-state index in [1.807, 2.05) is 6.07 Å². The fourth-order valence-corrected chi connectivity index (χ4v) is 2.37. The summed E-state index contributed by atoms with van der Waals surface area (Å²) < 4.78 is 12.1. The van der Waals surface area contributed by atoms with E-state index in [0.29, 0.717) is 5.30 Å². The zero-order chi connectivity index (χ0) is 10.4. The maximum atomic E-state index is 12.1. The third-order valence-corrected chi connectivity index (χ3v) is 3.46. The van der Waals surface area contributed by atoms with Crippen molar-refractivity contribution in [2.24, 2.45) is 0 Å². The quantitative estimate of drug-likeness (QED) is 0.563. The highest BCUT2D eigenvalue weighted by molar-refractivity contribution is 7.67.